The fourth-order valence-corrected chi connectivity index (χ4v) is 2.69. The number of nitrogens with zero attached hydrogens (tertiary/aromatic N) is 1. The standard InChI is InChI=1S/C16H24N2O/c1-12-11-14(18(2)3)9-10-15(12)16(19)17-13-7-5-4-6-8-13/h9-11,13H,4-8H2,1-3H3,(H,17,19). The summed E-state index contributed by atoms with van der Waals surface area (Å²) in [7, 11) is 4.02. The lowest BCUT2D eigenvalue weighted by atomic mass is 9.95. The fraction of sp³-hybridized carbons (Fsp3) is 0.562. The van der Waals surface area contributed by atoms with Crippen LogP contribution in [0.5, 0.6) is 0 Å². The number of hydrogen-bond donors (Lipinski definition) is 1. The van der Waals surface area contributed by atoms with Crippen molar-refractivity contribution in [2.45, 2.75) is 45.1 Å². The molecule has 1 aromatic carbocycles. The first-order valence-electron chi connectivity index (χ1n) is 7.17. The highest BCUT2D eigenvalue weighted by atomic mass is 16.1. The molecular formula is C16H24N2O. The van der Waals surface area contributed by atoms with Gasteiger partial charge in [0.2, 0.25) is 0 Å². The molecule has 1 saturated carbocycles. The van der Waals surface area contributed by atoms with Crippen molar-refractivity contribution in [3.05, 3.63) is 29.3 Å². The van der Waals surface area contributed by atoms with Crippen LogP contribution in [0.25, 0.3) is 0 Å². The van der Waals surface area contributed by atoms with Gasteiger partial charge in [-0.05, 0) is 43.5 Å². The van der Waals surface area contributed by atoms with Gasteiger partial charge in [-0.2, -0.15) is 0 Å². The molecule has 0 spiro atoms. The van der Waals surface area contributed by atoms with E-state index in [0.717, 1.165) is 29.7 Å². The first kappa shape index (κ1) is 13.9. The van der Waals surface area contributed by atoms with Gasteiger partial charge in [0.25, 0.3) is 5.91 Å². The summed E-state index contributed by atoms with van der Waals surface area (Å²) in [6.07, 6.45) is 6.04. The molecule has 1 aliphatic rings. The van der Waals surface area contributed by atoms with Crippen LogP contribution in [0.1, 0.15) is 48.0 Å². The summed E-state index contributed by atoms with van der Waals surface area (Å²) >= 11 is 0. The molecule has 2 rings (SSSR count). The maximum Gasteiger partial charge on any atom is 0.251 e. The number of nitrogens with one attached hydrogen (secondary N) is 1. The molecule has 0 unspecified atom stereocenters. The van der Waals surface area contributed by atoms with E-state index in [1.165, 1.54) is 19.3 Å². The van der Waals surface area contributed by atoms with E-state index < -0.39 is 0 Å². The van der Waals surface area contributed by atoms with Gasteiger partial charge in [-0.25, -0.2) is 0 Å². The SMILES string of the molecule is Cc1cc(N(C)C)ccc1C(=O)NC1CCCCC1. The second kappa shape index (κ2) is 6.09. The van der Waals surface area contributed by atoms with Crippen LogP contribution >= 0.6 is 0 Å². The number of carbonyl (C=O) groups excluding carboxylic acids is 1. The minimum atomic E-state index is 0.0784. The number of hydrogen-bond acceptors (Lipinski definition) is 2. The number of amides is 1. The molecule has 1 aliphatic carbocycles. The molecule has 1 amide bonds. The predicted molar refractivity (Wildman–Crippen MR) is 79.8 cm³/mol. The van der Waals surface area contributed by atoms with Gasteiger partial charge in [0, 0.05) is 31.4 Å². The Morgan fingerprint density at radius 2 is 1.89 bits per heavy atom. The van der Waals surface area contributed by atoms with Gasteiger partial charge in [0.05, 0.1) is 0 Å². The third kappa shape index (κ3) is 3.49. The molecule has 0 bridgehead atoms. The maximum atomic E-state index is 12.3. The van der Waals surface area contributed by atoms with Crippen molar-refractivity contribution in [1.29, 1.82) is 0 Å². The van der Waals surface area contributed by atoms with Gasteiger partial charge in [-0.3, -0.25) is 4.79 Å². The Hall–Kier alpha value is -1.51. The lowest BCUT2D eigenvalue weighted by Crippen LogP contribution is -2.36. The van der Waals surface area contributed by atoms with Gasteiger partial charge >= 0.3 is 0 Å². The van der Waals surface area contributed by atoms with Crippen LogP contribution in [0.15, 0.2) is 18.2 Å². The van der Waals surface area contributed by atoms with Crippen LogP contribution < -0.4 is 10.2 Å². The molecule has 0 atom stereocenters. The average molecular weight is 260 g/mol. The lowest BCUT2D eigenvalue weighted by Gasteiger charge is -2.23. The smallest absolute Gasteiger partial charge is 0.251 e. The third-order valence-corrected chi connectivity index (χ3v) is 3.91. The quantitative estimate of drug-likeness (QED) is 0.905. The largest absolute Gasteiger partial charge is 0.378 e. The zero-order valence-corrected chi connectivity index (χ0v) is 12.2. The molecule has 1 N–H and O–H groups in total. The van der Waals surface area contributed by atoms with E-state index >= 15 is 0 Å². The number of anilines is 1. The Balaban J connectivity index is 2.06. The molecule has 0 heterocycles. The van der Waals surface area contributed by atoms with E-state index in [1.54, 1.807) is 0 Å². The second-order valence-corrected chi connectivity index (χ2v) is 5.70. The van der Waals surface area contributed by atoms with Crippen LogP contribution in [0.4, 0.5) is 5.69 Å². The Bertz CT molecular complexity index is 448. The van der Waals surface area contributed by atoms with Crippen molar-refractivity contribution in [1.82, 2.24) is 5.32 Å². The Kier molecular flexibility index (Phi) is 4.46. The summed E-state index contributed by atoms with van der Waals surface area (Å²) in [5.41, 5.74) is 2.97. The molecule has 1 aromatic rings. The predicted octanol–water partition coefficient (Wildman–Crippen LogP) is 3.12. The molecule has 3 nitrogen and oxygen atoms in total. The van der Waals surface area contributed by atoms with Crippen LogP contribution in [-0.2, 0) is 0 Å². The lowest BCUT2D eigenvalue weighted by molar-refractivity contribution is 0.0927. The summed E-state index contributed by atoms with van der Waals surface area (Å²) in [4.78, 5) is 14.3. The van der Waals surface area contributed by atoms with Gasteiger partial charge in [-0.15, -0.1) is 0 Å². The van der Waals surface area contributed by atoms with Gasteiger partial charge in [0.15, 0.2) is 0 Å². The fourth-order valence-electron chi connectivity index (χ4n) is 2.69. The zero-order chi connectivity index (χ0) is 13.8. The third-order valence-electron chi connectivity index (χ3n) is 3.91. The highest BCUT2D eigenvalue weighted by molar-refractivity contribution is 5.96. The second-order valence-electron chi connectivity index (χ2n) is 5.70. The maximum absolute atomic E-state index is 12.3. The van der Waals surface area contributed by atoms with E-state index in [1.807, 2.05) is 33.2 Å². The van der Waals surface area contributed by atoms with Gasteiger partial charge < -0.3 is 10.2 Å². The minimum Gasteiger partial charge on any atom is -0.378 e. The van der Waals surface area contributed by atoms with Crippen molar-refractivity contribution in [2.24, 2.45) is 0 Å². The van der Waals surface area contributed by atoms with E-state index in [0.29, 0.717) is 6.04 Å². The van der Waals surface area contributed by atoms with Crippen LogP contribution in [0, 0.1) is 6.92 Å². The Labute approximate surface area is 116 Å². The summed E-state index contributed by atoms with van der Waals surface area (Å²) in [5.74, 6) is 0.0784. The highest BCUT2D eigenvalue weighted by Crippen LogP contribution is 2.20. The molecule has 1 fully saturated rings. The van der Waals surface area contributed by atoms with E-state index in [2.05, 4.69) is 16.3 Å². The van der Waals surface area contributed by atoms with Crippen molar-refractivity contribution in [2.75, 3.05) is 19.0 Å². The summed E-state index contributed by atoms with van der Waals surface area (Å²) < 4.78 is 0. The van der Waals surface area contributed by atoms with Crippen molar-refractivity contribution >= 4 is 11.6 Å². The molecule has 0 radical (unpaired) electrons. The van der Waals surface area contributed by atoms with Crippen LogP contribution in [0.2, 0.25) is 0 Å². The monoisotopic (exact) mass is 260 g/mol. The van der Waals surface area contributed by atoms with Crippen molar-refractivity contribution < 1.29 is 4.79 Å². The Morgan fingerprint density at radius 1 is 1.21 bits per heavy atom. The normalized spacial score (nSPS) is 16.2. The Morgan fingerprint density at radius 3 is 2.47 bits per heavy atom. The van der Waals surface area contributed by atoms with Crippen LogP contribution in [0.3, 0.4) is 0 Å². The number of carbonyl (C=O) groups is 1. The number of rotatable bonds is 3. The molecule has 104 valence electrons. The molecule has 0 saturated heterocycles. The van der Waals surface area contributed by atoms with E-state index in [-0.39, 0.29) is 5.91 Å². The van der Waals surface area contributed by atoms with Gasteiger partial charge in [-0.1, -0.05) is 19.3 Å². The van der Waals surface area contributed by atoms with E-state index in [9.17, 15) is 4.79 Å². The minimum absolute atomic E-state index is 0.0784. The first-order valence-corrected chi connectivity index (χ1v) is 7.17. The average Bonchev–Trinajstić information content (AvgIpc) is 2.39. The van der Waals surface area contributed by atoms with Crippen molar-refractivity contribution in [3.63, 3.8) is 0 Å². The zero-order valence-electron chi connectivity index (χ0n) is 12.2. The van der Waals surface area contributed by atoms with Gasteiger partial charge in [0.1, 0.15) is 0 Å². The summed E-state index contributed by atoms with van der Waals surface area (Å²) in [6, 6.07) is 6.37. The topological polar surface area (TPSA) is 32.3 Å². The molecule has 19 heavy (non-hydrogen) atoms. The van der Waals surface area contributed by atoms with Crippen LogP contribution in [-0.4, -0.2) is 26.0 Å². The summed E-state index contributed by atoms with van der Waals surface area (Å²) in [5, 5.41) is 3.17. The number of aryl methyl sites for hydroxylation is 1. The summed E-state index contributed by atoms with van der Waals surface area (Å²) in [6.45, 7) is 2.00. The van der Waals surface area contributed by atoms with Crippen molar-refractivity contribution in [3.8, 4) is 0 Å². The van der Waals surface area contributed by atoms with E-state index in [4.69, 9.17) is 0 Å². The first-order chi connectivity index (χ1) is 9.08. The number of benzene rings is 1. The molecular weight excluding hydrogens is 236 g/mol. The highest BCUT2D eigenvalue weighted by Gasteiger charge is 2.17. The molecule has 3 heteroatoms. The molecule has 0 aromatic heterocycles. The molecule has 0 aliphatic heterocycles.